The fourth-order valence-electron chi connectivity index (χ4n) is 8.02. The molecule has 0 N–H and O–H groups in total. The largest absolute Gasteiger partial charge is 0.306 e. The number of hydrogen-bond donors (Lipinski definition) is 0. The molecule has 2 nitrogen and oxygen atoms in total. The molecule has 0 amide bonds. The number of nitrogens with zero attached hydrogens (tertiary/aromatic N) is 2. The summed E-state index contributed by atoms with van der Waals surface area (Å²) in [5.74, 6) is 0. The SMILES string of the molecule is C=C1CC=CC2=C1N2c1ccc(-c2c3c4c(c3c(N3C5=C3C(=C)CC=C5)c3c5c(c23)C(=C)CC=C5)C(=C)CC=C4)cc1. The lowest BCUT2D eigenvalue weighted by atomic mass is 9.70. The Labute approximate surface area is 245 Å². The first kappa shape index (κ1) is 22.6. The van der Waals surface area contributed by atoms with Crippen LogP contribution < -0.4 is 9.80 Å². The lowest BCUT2D eigenvalue weighted by molar-refractivity contribution is 1.25. The van der Waals surface area contributed by atoms with Gasteiger partial charge in [0.25, 0.3) is 0 Å². The molecule has 2 heterocycles. The zero-order chi connectivity index (χ0) is 28.0. The van der Waals surface area contributed by atoms with Crippen molar-refractivity contribution in [2.75, 3.05) is 9.80 Å². The van der Waals surface area contributed by atoms with Crippen LogP contribution in [-0.2, 0) is 0 Å². The summed E-state index contributed by atoms with van der Waals surface area (Å²) < 4.78 is 0. The van der Waals surface area contributed by atoms with Crippen LogP contribution in [-0.4, -0.2) is 0 Å². The van der Waals surface area contributed by atoms with Crippen molar-refractivity contribution in [2.45, 2.75) is 25.7 Å². The smallest absolute Gasteiger partial charge is 0.0733 e. The van der Waals surface area contributed by atoms with Crippen LogP contribution >= 0.6 is 0 Å². The van der Waals surface area contributed by atoms with E-state index >= 15 is 0 Å². The first-order chi connectivity index (χ1) is 20.5. The molecule has 4 aromatic rings. The van der Waals surface area contributed by atoms with E-state index in [0.29, 0.717) is 0 Å². The van der Waals surface area contributed by atoms with Gasteiger partial charge in [-0.1, -0.05) is 74.9 Å². The summed E-state index contributed by atoms with van der Waals surface area (Å²) >= 11 is 0. The van der Waals surface area contributed by atoms with Crippen LogP contribution in [0.4, 0.5) is 11.4 Å². The van der Waals surface area contributed by atoms with E-state index in [9.17, 15) is 0 Å². The Morgan fingerprint density at radius 2 is 1.00 bits per heavy atom. The van der Waals surface area contributed by atoms with Crippen LogP contribution in [0, 0.1) is 0 Å². The van der Waals surface area contributed by atoms with Gasteiger partial charge in [-0.3, -0.25) is 0 Å². The third kappa shape index (κ3) is 2.57. The predicted molar refractivity (Wildman–Crippen MR) is 179 cm³/mol. The van der Waals surface area contributed by atoms with Crippen molar-refractivity contribution < 1.29 is 0 Å². The quantitative estimate of drug-likeness (QED) is 0.257. The molecule has 0 bridgehead atoms. The van der Waals surface area contributed by atoms with E-state index in [1.807, 2.05) is 0 Å². The Hall–Kier alpha value is -5.08. The van der Waals surface area contributed by atoms with Gasteiger partial charge in [0.05, 0.1) is 28.5 Å². The summed E-state index contributed by atoms with van der Waals surface area (Å²) in [5, 5.41) is 5.43. The summed E-state index contributed by atoms with van der Waals surface area (Å²) in [5.41, 5.74) is 20.4. The summed E-state index contributed by atoms with van der Waals surface area (Å²) in [6.45, 7) is 17.8. The van der Waals surface area contributed by atoms with Gasteiger partial charge in [0.2, 0.25) is 0 Å². The highest BCUT2D eigenvalue weighted by atomic mass is 15.3. The second-order valence-electron chi connectivity index (χ2n) is 12.3. The van der Waals surface area contributed by atoms with Crippen molar-refractivity contribution in [1.82, 2.24) is 0 Å². The topological polar surface area (TPSA) is 6.02 Å². The summed E-state index contributed by atoms with van der Waals surface area (Å²) in [4.78, 5) is 4.80. The van der Waals surface area contributed by atoms with Crippen molar-refractivity contribution in [3.05, 3.63) is 143 Å². The van der Waals surface area contributed by atoms with E-state index in [4.69, 9.17) is 0 Å². The minimum atomic E-state index is 0.898. The van der Waals surface area contributed by atoms with Gasteiger partial charge in [-0.25, -0.2) is 0 Å². The van der Waals surface area contributed by atoms with Gasteiger partial charge in [-0.05, 0) is 106 Å². The Balaban J connectivity index is 1.23. The van der Waals surface area contributed by atoms with Crippen molar-refractivity contribution in [2.24, 2.45) is 0 Å². The molecule has 0 radical (unpaired) electrons. The molecular weight excluding hydrogens is 508 g/mol. The third-order valence-electron chi connectivity index (χ3n) is 9.96. The van der Waals surface area contributed by atoms with Crippen molar-refractivity contribution >= 4 is 56.2 Å². The lowest BCUT2D eigenvalue weighted by Crippen LogP contribution is -2.13. The maximum atomic E-state index is 4.54. The Kier molecular flexibility index (Phi) is 3.98. The van der Waals surface area contributed by atoms with Gasteiger partial charge >= 0.3 is 0 Å². The number of hydrogen-bond acceptors (Lipinski definition) is 2. The van der Waals surface area contributed by atoms with Gasteiger partial charge < -0.3 is 9.80 Å². The second kappa shape index (κ2) is 7.40. The zero-order valence-electron chi connectivity index (χ0n) is 23.5. The highest BCUT2D eigenvalue weighted by molar-refractivity contribution is 6.36. The molecule has 0 fully saturated rings. The van der Waals surface area contributed by atoms with E-state index in [0.717, 1.165) is 25.7 Å². The Morgan fingerprint density at radius 3 is 1.62 bits per heavy atom. The van der Waals surface area contributed by atoms with Crippen molar-refractivity contribution in [3.63, 3.8) is 0 Å². The van der Waals surface area contributed by atoms with Crippen LogP contribution in [0.3, 0.4) is 0 Å². The highest BCUT2D eigenvalue weighted by Gasteiger charge is 2.43. The normalized spacial score (nSPS) is 20.0. The van der Waals surface area contributed by atoms with E-state index < -0.39 is 0 Å². The van der Waals surface area contributed by atoms with Crippen LogP contribution in [0.15, 0.2) is 121 Å². The highest BCUT2D eigenvalue weighted by Crippen LogP contribution is 2.63. The molecule has 6 aliphatic rings. The van der Waals surface area contributed by atoms with Crippen LogP contribution in [0.5, 0.6) is 0 Å². The van der Waals surface area contributed by atoms with Gasteiger partial charge in [0.15, 0.2) is 0 Å². The summed E-state index contributed by atoms with van der Waals surface area (Å²) in [6, 6.07) is 9.17. The Morgan fingerprint density at radius 1 is 0.476 bits per heavy atom. The first-order valence-electron chi connectivity index (χ1n) is 14.9. The predicted octanol–water partition coefficient (Wildman–Crippen LogP) is 10.5. The molecule has 0 saturated heterocycles. The molecule has 10 rings (SSSR count). The molecule has 0 atom stereocenters. The van der Waals surface area contributed by atoms with Gasteiger partial charge in [0.1, 0.15) is 0 Å². The molecule has 0 spiro atoms. The van der Waals surface area contributed by atoms with Gasteiger partial charge in [-0.2, -0.15) is 0 Å². The fourth-order valence-corrected chi connectivity index (χ4v) is 8.02. The van der Waals surface area contributed by atoms with Gasteiger partial charge in [-0.15, -0.1) is 0 Å². The van der Waals surface area contributed by atoms with Crippen LogP contribution in [0.2, 0.25) is 0 Å². The van der Waals surface area contributed by atoms with E-state index in [-0.39, 0.29) is 0 Å². The van der Waals surface area contributed by atoms with E-state index in [2.05, 4.69) is 109 Å². The van der Waals surface area contributed by atoms with Gasteiger partial charge in [0, 0.05) is 27.2 Å². The fraction of sp³-hybridized carbons (Fsp3) is 0.100. The van der Waals surface area contributed by atoms with Crippen LogP contribution in [0.25, 0.3) is 56.0 Å². The Bertz CT molecular complexity index is 2230. The molecule has 4 aliphatic carbocycles. The average Bonchev–Trinajstić information content (AvgIpc) is 3.88. The monoisotopic (exact) mass is 536 g/mol. The molecule has 2 heteroatoms. The molecule has 2 aliphatic heterocycles. The lowest BCUT2D eigenvalue weighted by Gasteiger charge is -2.35. The molecular formula is C40H28N2. The third-order valence-corrected chi connectivity index (χ3v) is 9.96. The molecule has 4 aromatic carbocycles. The first-order valence-corrected chi connectivity index (χ1v) is 14.9. The number of allylic oxidation sites excluding steroid dienone is 10. The minimum Gasteiger partial charge on any atom is -0.306 e. The average molecular weight is 537 g/mol. The molecule has 0 saturated carbocycles. The minimum absolute atomic E-state index is 0.898. The molecule has 0 unspecified atom stereocenters. The summed E-state index contributed by atoms with van der Waals surface area (Å²) in [7, 11) is 0. The van der Waals surface area contributed by atoms with E-state index in [1.165, 1.54) is 111 Å². The maximum Gasteiger partial charge on any atom is 0.0733 e. The summed E-state index contributed by atoms with van der Waals surface area (Å²) in [6.07, 6.45) is 21.8. The van der Waals surface area contributed by atoms with Crippen molar-refractivity contribution in [1.29, 1.82) is 0 Å². The standard InChI is InChI=1S/C40H28N2/c1-21-9-6-14-28-31(21)36-33(25-17-19-26(20-18-25)41-29-15-7-11-23(3)38(29)41)34-27-13-5-10-22(2)32(27)37(34)40(35(28)36)42-30-16-8-12-24(4)39(30)42/h5-8,13-20H,1-4,9-12H2. The number of rotatable bonds is 3. The number of fused-ring (bicyclic) bond motifs is 8. The number of benzene rings is 2. The molecule has 42 heavy (non-hydrogen) atoms. The van der Waals surface area contributed by atoms with E-state index in [1.54, 1.807) is 0 Å². The molecule has 198 valence electrons. The van der Waals surface area contributed by atoms with Crippen LogP contribution in [0.1, 0.15) is 47.9 Å². The zero-order valence-corrected chi connectivity index (χ0v) is 23.5. The second-order valence-corrected chi connectivity index (χ2v) is 12.3. The number of anilines is 2. The maximum absolute atomic E-state index is 4.54. The molecule has 0 aromatic heterocycles. The van der Waals surface area contributed by atoms with Crippen molar-refractivity contribution in [3.8, 4) is 11.1 Å².